The van der Waals surface area contributed by atoms with Gasteiger partial charge in [0, 0.05) is 22.7 Å². The summed E-state index contributed by atoms with van der Waals surface area (Å²) < 4.78 is 12.1. The van der Waals surface area contributed by atoms with E-state index in [4.69, 9.17) is 14.6 Å². The molecule has 21 heavy (non-hydrogen) atoms. The molecule has 0 aliphatic heterocycles. The highest BCUT2D eigenvalue weighted by Crippen LogP contribution is 2.29. The summed E-state index contributed by atoms with van der Waals surface area (Å²) in [6, 6.07) is 3.77. The second-order valence-corrected chi connectivity index (χ2v) is 5.54. The standard InChI is InChI=1S/C16H21BrO4/c1-3-4-7-20-8-9-21-16-12(2)10-14(17)11-13(16)5-6-15(18)19/h5-6,10-11H,3-4,7-9H2,1-2H3,(H,18,19)/b6-5+. The molecule has 0 bridgehead atoms. The van der Waals surface area contributed by atoms with Gasteiger partial charge in [-0.25, -0.2) is 4.79 Å². The normalized spacial score (nSPS) is 11.0. The number of aryl methyl sites for hydroxylation is 1. The van der Waals surface area contributed by atoms with E-state index >= 15 is 0 Å². The number of carboxylic acid groups (broad SMARTS) is 1. The molecule has 1 aromatic carbocycles. The maximum absolute atomic E-state index is 10.7. The number of unbranched alkanes of at least 4 members (excludes halogenated alkanes) is 1. The van der Waals surface area contributed by atoms with Crippen molar-refractivity contribution in [2.45, 2.75) is 26.7 Å². The lowest BCUT2D eigenvalue weighted by Gasteiger charge is -2.13. The summed E-state index contributed by atoms with van der Waals surface area (Å²) in [6.07, 6.45) is 4.79. The predicted octanol–water partition coefficient (Wildman–Crippen LogP) is 4.05. The zero-order valence-electron chi connectivity index (χ0n) is 12.4. The molecule has 1 rings (SSSR count). The van der Waals surface area contributed by atoms with Crippen molar-refractivity contribution in [1.29, 1.82) is 0 Å². The first-order valence-electron chi connectivity index (χ1n) is 6.96. The molecule has 0 saturated carbocycles. The van der Waals surface area contributed by atoms with E-state index in [0.29, 0.717) is 19.0 Å². The number of ether oxygens (including phenoxy) is 2. The van der Waals surface area contributed by atoms with E-state index < -0.39 is 5.97 Å². The van der Waals surface area contributed by atoms with Crippen molar-refractivity contribution in [1.82, 2.24) is 0 Å². The molecule has 4 nitrogen and oxygen atoms in total. The Hall–Kier alpha value is -1.33. The molecule has 0 amide bonds. The zero-order valence-corrected chi connectivity index (χ0v) is 14.0. The fraction of sp³-hybridized carbons (Fsp3) is 0.438. The van der Waals surface area contributed by atoms with E-state index in [0.717, 1.165) is 41.1 Å². The first kappa shape index (κ1) is 17.7. The first-order chi connectivity index (χ1) is 10.0. The monoisotopic (exact) mass is 356 g/mol. The van der Waals surface area contributed by atoms with Gasteiger partial charge in [-0.2, -0.15) is 0 Å². The molecule has 0 spiro atoms. The van der Waals surface area contributed by atoms with Crippen LogP contribution in [0.3, 0.4) is 0 Å². The fourth-order valence-electron chi connectivity index (χ4n) is 1.79. The Morgan fingerprint density at radius 2 is 2.10 bits per heavy atom. The van der Waals surface area contributed by atoms with Crippen molar-refractivity contribution < 1.29 is 19.4 Å². The smallest absolute Gasteiger partial charge is 0.328 e. The Morgan fingerprint density at radius 1 is 1.33 bits per heavy atom. The van der Waals surface area contributed by atoms with Crippen LogP contribution in [0.15, 0.2) is 22.7 Å². The molecule has 1 N–H and O–H groups in total. The summed E-state index contributed by atoms with van der Waals surface area (Å²) >= 11 is 3.40. The third kappa shape index (κ3) is 6.78. The number of hydrogen-bond donors (Lipinski definition) is 1. The van der Waals surface area contributed by atoms with Crippen LogP contribution in [0.2, 0.25) is 0 Å². The van der Waals surface area contributed by atoms with Crippen LogP contribution in [-0.2, 0) is 9.53 Å². The number of rotatable bonds is 9. The Morgan fingerprint density at radius 3 is 2.76 bits per heavy atom. The molecular formula is C16H21BrO4. The number of carboxylic acids is 1. The maximum Gasteiger partial charge on any atom is 0.328 e. The van der Waals surface area contributed by atoms with Crippen molar-refractivity contribution in [3.05, 3.63) is 33.8 Å². The van der Waals surface area contributed by atoms with Gasteiger partial charge in [0.25, 0.3) is 0 Å². The molecule has 0 heterocycles. The summed E-state index contributed by atoms with van der Waals surface area (Å²) in [7, 11) is 0. The van der Waals surface area contributed by atoms with Crippen molar-refractivity contribution in [3.8, 4) is 5.75 Å². The Balaban J connectivity index is 2.68. The minimum Gasteiger partial charge on any atom is -0.490 e. The van der Waals surface area contributed by atoms with Gasteiger partial charge in [-0.3, -0.25) is 0 Å². The lowest BCUT2D eigenvalue weighted by Crippen LogP contribution is -2.09. The van der Waals surface area contributed by atoms with Gasteiger partial charge in [0.15, 0.2) is 0 Å². The number of halogens is 1. The molecule has 0 aliphatic rings. The first-order valence-corrected chi connectivity index (χ1v) is 7.75. The van der Waals surface area contributed by atoms with Crippen LogP contribution in [0.1, 0.15) is 30.9 Å². The highest BCUT2D eigenvalue weighted by molar-refractivity contribution is 9.10. The largest absolute Gasteiger partial charge is 0.490 e. The van der Waals surface area contributed by atoms with Crippen LogP contribution in [0.25, 0.3) is 6.08 Å². The van der Waals surface area contributed by atoms with Gasteiger partial charge in [-0.1, -0.05) is 29.3 Å². The summed E-state index contributed by atoms with van der Waals surface area (Å²) in [5.74, 6) is -0.295. The van der Waals surface area contributed by atoms with Crippen LogP contribution in [-0.4, -0.2) is 30.9 Å². The zero-order chi connectivity index (χ0) is 15.7. The number of carbonyl (C=O) groups is 1. The molecule has 0 aliphatic carbocycles. The molecule has 1 aromatic rings. The summed E-state index contributed by atoms with van der Waals surface area (Å²) in [4.78, 5) is 10.7. The van der Waals surface area contributed by atoms with Gasteiger partial charge < -0.3 is 14.6 Å². The van der Waals surface area contributed by atoms with Crippen LogP contribution in [0.5, 0.6) is 5.75 Å². The van der Waals surface area contributed by atoms with Crippen LogP contribution in [0.4, 0.5) is 0 Å². The highest BCUT2D eigenvalue weighted by Gasteiger charge is 2.07. The van der Waals surface area contributed by atoms with E-state index in [1.165, 1.54) is 6.08 Å². The van der Waals surface area contributed by atoms with E-state index in [1.54, 1.807) is 0 Å². The molecule has 5 heteroatoms. The van der Waals surface area contributed by atoms with E-state index in [2.05, 4.69) is 22.9 Å². The molecule has 0 saturated heterocycles. The van der Waals surface area contributed by atoms with Crippen molar-refractivity contribution in [2.24, 2.45) is 0 Å². The summed E-state index contributed by atoms with van der Waals surface area (Å²) in [5, 5.41) is 8.74. The van der Waals surface area contributed by atoms with E-state index in [-0.39, 0.29) is 0 Å². The SMILES string of the molecule is CCCCOCCOc1c(C)cc(Br)cc1/C=C/C(=O)O. The van der Waals surface area contributed by atoms with Crippen LogP contribution >= 0.6 is 15.9 Å². The fourth-order valence-corrected chi connectivity index (χ4v) is 2.38. The second kappa shape index (κ2) is 9.58. The van der Waals surface area contributed by atoms with Gasteiger partial charge >= 0.3 is 5.97 Å². The number of hydrogen-bond acceptors (Lipinski definition) is 3. The Bertz CT molecular complexity index is 497. The summed E-state index contributed by atoms with van der Waals surface area (Å²) in [5.41, 5.74) is 1.68. The Labute approximate surface area is 133 Å². The van der Waals surface area contributed by atoms with E-state index in [1.807, 2.05) is 19.1 Å². The van der Waals surface area contributed by atoms with Gasteiger partial charge in [0.05, 0.1) is 6.61 Å². The minimum atomic E-state index is -0.985. The highest BCUT2D eigenvalue weighted by atomic mass is 79.9. The van der Waals surface area contributed by atoms with Crippen LogP contribution < -0.4 is 4.74 Å². The lowest BCUT2D eigenvalue weighted by molar-refractivity contribution is -0.131. The molecule has 116 valence electrons. The van der Waals surface area contributed by atoms with Gasteiger partial charge in [0.2, 0.25) is 0 Å². The molecule has 0 fully saturated rings. The van der Waals surface area contributed by atoms with Crippen molar-refractivity contribution in [2.75, 3.05) is 19.8 Å². The molecule has 0 atom stereocenters. The summed E-state index contributed by atoms with van der Waals surface area (Å²) in [6.45, 7) is 5.75. The maximum atomic E-state index is 10.7. The van der Waals surface area contributed by atoms with Crippen LogP contribution in [0, 0.1) is 6.92 Å². The minimum absolute atomic E-state index is 0.445. The average Bonchev–Trinajstić information content (AvgIpc) is 2.42. The van der Waals surface area contributed by atoms with Crippen molar-refractivity contribution >= 4 is 28.0 Å². The van der Waals surface area contributed by atoms with E-state index in [9.17, 15) is 4.79 Å². The van der Waals surface area contributed by atoms with Gasteiger partial charge in [-0.15, -0.1) is 0 Å². The lowest BCUT2D eigenvalue weighted by atomic mass is 10.1. The van der Waals surface area contributed by atoms with Crippen molar-refractivity contribution in [3.63, 3.8) is 0 Å². The number of aliphatic carboxylic acids is 1. The Kier molecular flexibility index (Phi) is 8.08. The average molecular weight is 357 g/mol. The molecule has 0 radical (unpaired) electrons. The molecule has 0 aromatic heterocycles. The molecule has 0 unspecified atom stereocenters. The third-order valence-electron chi connectivity index (χ3n) is 2.79. The quantitative estimate of drug-likeness (QED) is 0.535. The number of benzene rings is 1. The molecular weight excluding hydrogens is 336 g/mol. The van der Waals surface area contributed by atoms with Gasteiger partial charge in [0.1, 0.15) is 12.4 Å². The third-order valence-corrected chi connectivity index (χ3v) is 3.25. The topological polar surface area (TPSA) is 55.8 Å². The predicted molar refractivity (Wildman–Crippen MR) is 86.8 cm³/mol. The van der Waals surface area contributed by atoms with Gasteiger partial charge in [-0.05, 0) is 37.1 Å². The second-order valence-electron chi connectivity index (χ2n) is 4.63.